The molecule has 3 rings (SSSR count). The summed E-state index contributed by atoms with van der Waals surface area (Å²) in [5.74, 6) is 0.549. The Labute approximate surface area is 167 Å². The van der Waals surface area contributed by atoms with Gasteiger partial charge in [-0.2, -0.15) is 0 Å². The number of anilines is 1. The molecule has 0 saturated heterocycles. The van der Waals surface area contributed by atoms with E-state index in [1.807, 2.05) is 13.0 Å². The molecule has 146 valence electrons. The Morgan fingerprint density at radius 3 is 2.75 bits per heavy atom. The first-order chi connectivity index (χ1) is 13.5. The average Bonchev–Trinajstić information content (AvgIpc) is 2.66. The summed E-state index contributed by atoms with van der Waals surface area (Å²) >= 11 is 5.96. The quantitative estimate of drug-likeness (QED) is 0.593. The smallest absolute Gasteiger partial charge is 0.336 e. The predicted molar refractivity (Wildman–Crippen MR) is 109 cm³/mol. The van der Waals surface area contributed by atoms with E-state index in [2.05, 4.69) is 5.32 Å². The summed E-state index contributed by atoms with van der Waals surface area (Å²) in [7, 11) is 1.51. The van der Waals surface area contributed by atoms with Crippen LogP contribution in [0.15, 0.2) is 51.7 Å². The molecule has 0 spiro atoms. The maximum absolute atomic E-state index is 12.2. The molecular formula is C21H20ClNO5. The van der Waals surface area contributed by atoms with Crippen LogP contribution in [-0.4, -0.2) is 19.6 Å². The molecule has 0 atom stereocenters. The van der Waals surface area contributed by atoms with Gasteiger partial charge in [-0.15, -0.1) is 0 Å². The van der Waals surface area contributed by atoms with Crippen molar-refractivity contribution in [2.75, 3.05) is 19.0 Å². The molecule has 28 heavy (non-hydrogen) atoms. The molecule has 1 N–H and O–H groups in total. The number of fused-ring (bicyclic) bond motifs is 1. The number of nitrogens with one attached hydrogen (secondary N) is 1. The molecule has 2 aromatic carbocycles. The number of aryl methyl sites for hydroxylation is 1. The number of ether oxygens (including phenoxy) is 2. The largest absolute Gasteiger partial charge is 0.495 e. The van der Waals surface area contributed by atoms with Crippen LogP contribution < -0.4 is 20.4 Å². The van der Waals surface area contributed by atoms with E-state index in [1.54, 1.807) is 30.3 Å². The number of carbonyl (C=O) groups is 1. The SMILES string of the molecule is CCCc1cc(=O)oc2cc(OCC(=O)Nc3cc(Cl)ccc3OC)ccc12. The lowest BCUT2D eigenvalue weighted by Gasteiger charge is -2.11. The summed E-state index contributed by atoms with van der Waals surface area (Å²) in [6.07, 6.45) is 1.70. The van der Waals surface area contributed by atoms with E-state index in [-0.39, 0.29) is 12.5 Å². The molecule has 0 fully saturated rings. The minimum atomic E-state index is -0.404. The van der Waals surface area contributed by atoms with Crippen molar-refractivity contribution in [2.45, 2.75) is 19.8 Å². The van der Waals surface area contributed by atoms with Gasteiger partial charge in [0.1, 0.15) is 17.1 Å². The normalized spacial score (nSPS) is 10.7. The Morgan fingerprint density at radius 2 is 2.00 bits per heavy atom. The summed E-state index contributed by atoms with van der Waals surface area (Å²) in [5, 5.41) is 4.04. The third-order valence-electron chi connectivity index (χ3n) is 4.13. The molecule has 0 radical (unpaired) electrons. The van der Waals surface area contributed by atoms with E-state index >= 15 is 0 Å². The Balaban J connectivity index is 1.72. The van der Waals surface area contributed by atoms with Crippen molar-refractivity contribution >= 4 is 34.2 Å². The van der Waals surface area contributed by atoms with Crippen molar-refractivity contribution in [3.8, 4) is 11.5 Å². The number of benzene rings is 2. The molecule has 1 heterocycles. The monoisotopic (exact) mass is 401 g/mol. The van der Waals surface area contributed by atoms with Crippen LogP contribution in [0.1, 0.15) is 18.9 Å². The molecule has 7 heteroatoms. The van der Waals surface area contributed by atoms with Crippen molar-refractivity contribution in [3.63, 3.8) is 0 Å². The summed E-state index contributed by atoms with van der Waals surface area (Å²) in [6, 6.07) is 11.6. The third-order valence-corrected chi connectivity index (χ3v) is 4.36. The van der Waals surface area contributed by atoms with Gasteiger partial charge in [0.25, 0.3) is 5.91 Å². The predicted octanol–water partition coefficient (Wildman–Crippen LogP) is 4.43. The molecule has 6 nitrogen and oxygen atoms in total. The van der Waals surface area contributed by atoms with Crippen molar-refractivity contribution in [2.24, 2.45) is 0 Å². The van der Waals surface area contributed by atoms with Crippen LogP contribution >= 0.6 is 11.6 Å². The zero-order chi connectivity index (χ0) is 20.1. The van der Waals surface area contributed by atoms with Crippen molar-refractivity contribution in [1.29, 1.82) is 0 Å². The van der Waals surface area contributed by atoms with Crippen molar-refractivity contribution < 1.29 is 18.7 Å². The molecule has 1 amide bonds. The number of carbonyl (C=O) groups excluding carboxylic acids is 1. The van der Waals surface area contributed by atoms with E-state index in [4.69, 9.17) is 25.5 Å². The Kier molecular flexibility index (Phi) is 6.21. The van der Waals surface area contributed by atoms with E-state index in [1.165, 1.54) is 13.2 Å². The minimum absolute atomic E-state index is 0.222. The number of hydrogen-bond acceptors (Lipinski definition) is 5. The number of amides is 1. The minimum Gasteiger partial charge on any atom is -0.495 e. The summed E-state index contributed by atoms with van der Waals surface area (Å²) in [6.45, 7) is 1.82. The second-order valence-electron chi connectivity index (χ2n) is 6.18. The average molecular weight is 402 g/mol. The number of rotatable bonds is 7. The van der Waals surface area contributed by atoms with Gasteiger partial charge in [-0.1, -0.05) is 24.9 Å². The molecule has 0 bridgehead atoms. The Morgan fingerprint density at radius 1 is 1.18 bits per heavy atom. The van der Waals surface area contributed by atoms with Gasteiger partial charge in [0.2, 0.25) is 0 Å². The number of halogens is 1. The highest BCUT2D eigenvalue weighted by Crippen LogP contribution is 2.28. The Bertz CT molecular complexity index is 1060. The second kappa shape index (κ2) is 8.80. The van der Waals surface area contributed by atoms with E-state index in [0.29, 0.717) is 27.8 Å². The second-order valence-corrected chi connectivity index (χ2v) is 6.62. The zero-order valence-corrected chi connectivity index (χ0v) is 16.3. The molecule has 0 aliphatic heterocycles. The number of hydrogen-bond donors (Lipinski definition) is 1. The van der Waals surface area contributed by atoms with E-state index < -0.39 is 5.63 Å². The Hall–Kier alpha value is -2.99. The summed E-state index contributed by atoms with van der Waals surface area (Å²) in [4.78, 5) is 24.0. The van der Waals surface area contributed by atoms with Crippen molar-refractivity contribution in [3.05, 3.63) is 63.5 Å². The van der Waals surface area contributed by atoms with Crippen LogP contribution in [0.3, 0.4) is 0 Å². The molecule has 0 aliphatic rings. The molecule has 3 aromatic rings. The molecular weight excluding hydrogens is 382 g/mol. The third kappa shape index (κ3) is 4.64. The standard InChI is InChI=1S/C21H20ClNO5/c1-3-4-13-9-21(25)28-19-11-15(6-7-16(13)19)27-12-20(24)23-17-10-14(22)5-8-18(17)26-2/h5-11H,3-4,12H2,1-2H3,(H,23,24). The zero-order valence-electron chi connectivity index (χ0n) is 15.6. The van der Waals surface area contributed by atoms with Crippen LogP contribution in [-0.2, 0) is 11.2 Å². The lowest BCUT2D eigenvalue weighted by atomic mass is 10.1. The van der Waals surface area contributed by atoms with Gasteiger partial charge in [0, 0.05) is 22.5 Å². The van der Waals surface area contributed by atoms with Gasteiger partial charge in [0.15, 0.2) is 6.61 Å². The first kappa shape index (κ1) is 19.8. The van der Waals surface area contributed by atoms with Crippen LogP contribution in [0.25, 0.3) is 11.0 Å². The van der Waals surface area contributed by atoms with Gasteiger partial charge >= 0.3 is 5.63 Å². The topological polar surface area (TPSA) is 77.8 Å². The molecule has 0 aliphatic carbocycles. The molecule has 0 saturated carbocycles. The number of methoxy groups -OCH3 is 1. The highest BCUT2D eigenvalue weighted by atomic mass is 35.5. The molecule has 0 unspecified atom stereocenters. The first-order valence-electron chi connectivity index (χ1n) is 8.83. The maximum atomic E-state index is 12.2. The van der Waals surface area contributed by atoms with Crippen LogP contribution in [0.2, 0.25) is 5.02 Å². The lowest BCUT2D eigenvalue weighted by Crippen LogP contribution is -2.20. The van der Waals surface area contributed by atoms with Crippen LogP contribution in [0.5, 0.6) is 11.5 Å². The van der Waals surface area contributed by atoms with Gasteiger partial charge in [-0.05, 0) is 42.3 Å². The first-order valence-corrected chi connectivity index (χ1v) is 9.21. The van der Waals surface area contributed by atoms with Crippen LogP contribution in [0.4, 0.5) is 5.69 Å². The maximum Gasteiger partial charge on any atom is 0.336 e. The lowest BCUT2D eigenvalue weighted by molar-refractivity contribution is -0.118. The fourth-order valence-electron chi connectivity index (χ4n) is 2.89. The summed E-state index contributed by atoms with van der Waals surface area (Å²) in [5.41, 5.74) is 1.42. The van der Waals surface area contributed by atoms with E-state index in [9.17, 15) is 9.59 Å². The highest BCUT2D eigenvalue weighted by Gasteiger charge is 2.11. The van der Waals surface area contributed by atoms with Gasteiger partial charge in [0.05, 0.1) is 12.8 Å². The summed E-state index contributed by atoms with van der Waals surface area (Å²) < 4.78 is 16.0. The molecule has 1 aromatic heterocycles. The van der Waals surface area contributed by atoms with Gasteiger partial charge < -0.3 is 19.2 Å². The van der Waals surface area contributed by atoms with Crippen molar-refractivity contribution in [1.82, 2.24) is 0 Å². The van der Waals surface area contributed by atoms with Gasteiger partial charge in [-0.3, -0.25) is 4.79 Å². The fraction of sp³-hybridized carbons (Fsp3) is 0.238. The van der Waals surface area contributed by atoms with E-state index in [0.717, 1.165) is 23.8 Å². The fourth-order valence-corrected chi connectivity index (χ4v) is 3.06. The highest BCUT2D eigenvalue weighted by molar-refractivity contribution is 6.31. The van der Waals surface area contributed by atoms with Crippen LogP contribution in [0, 0.1) is 0 Å². The van der Waals surface area contributed by atoms with Gasteiger partial charge in [-0.25, -0.2) is 4.79 Å².